The zero-order valence-electron chi connectivity index (χ0n) is 22.1. The number of aliphatic hydroxyl groups excluding tert-OH is 2. The van der Waals surface area contributed by atoms with E-state index >= 15 is 0 Å². The summed E-state index contributed by atoms with van der Waals surface area (Å²) in [4.78, 5) is 12.2. The van der Waals surface area contributed by atoms with Gasteiger partial charge >= 0.3 is 0 Å². The largest absolute Gasteiger partial charge is 0.394 e. The standard InChI is InChI=1S/C30H53NO3/c1-3-5-7-9-11-12-13-14-15-16-17-18-20-22-24-26-30(34)31-28(27-32)29(33)25-23-21-19-10-8-6-4-2/h5,7,11-12,14-15,17-18,28-29,32-33H,3-4,6,8-10,13,16,19-27H2,1-2H3,(H,31,34)/b7-5-,12-11-,15-14-,18-17-. The molecule has 0 bridgehead atoms. The molecule has 0 aromatic heterocycles. The van der Waals surface area contributed by atoms with Crippen LogP contribution in [0.4, 0.5) is 0 Å². The molecule has 0 spiro atoms. The summed E-state index contributed by atoms with van der Waals surface area (Å²) in [6, 6.07) is -0.554. The number of nitrogens with one attached hydrogen (secondary N) is 1. The second-order valence-electron chi connectivity index (χ2n) is 9.08. The average Bonchev–Trinajstić information content (AvgIpc) is 2.84. The highest BCUT2D eigenvalue weighted by Crippen LogP contribution is 2.12. The van der Waals surface area contributed by atoms with Gasteiger partial charge in [0.25, 0.3) is 0 Å². The molecule has 0 saturated carbocycles. The summed E-state index contributed by atoms with van der Waals surface area (Å²) in [7, 11) is 0. The first kappa shape index (κ1) is 32.4. The lowest BCUT2D eigenvalue weighted by atomic mass is 10.0. The Morgan fingerprint density at radius 3 is 1.88 bits per heavy atom. The molecule has 4 heteroatoms. The quantitative estimate of drug-likeness (QED) is 0.107. The summed E-state index contributed by atoms with van der Waals surface area (Å²) >= 11 is 0. The van der Waals surface area contributed by atoms with E-state index < -0.39 is 12.1 Å². The number of hydrogen-bond acceptors (Lipinski definition) is 3. The lowest BCUT2D eigenvalue weighted by molar-refractivity contribution is -0.123. The summed E-state index contributed by atoms with van der Waals surface area (Å²) in [5.41, 5.74) is 0. The predicted octanol–water partition coefficient (Wildman–Crippen LogP) is 7.33. The van der Waals surface area contributed by atoms with E-state index in [-0.39, 0.29) is 12.5 Å². The van der Waals surface area contributed by atoms with E-state index in [2.05, 4.69) is 67.8 Å². The minimum absolute atomic E-state index is 0.0807. The van der Waals surface area contributed by atoms with E-state index in [4.69, 9.17) is 0 Å². The Bertz CT molecular complexity index is 565. The summed E-state index contributed by atoms with van der Waals surface area (Å²) in [5, 5.41) is 22.7. The van der Waals surface area contributed by atoms with Crippen LogP contribution in [0.1, 0.15) is 117 Å². The van der Waals surface area contributed by atoms with Gasteiger partial charge in [0, 0.05) is 6.42 Å². The Hall–Kier alpha value is -1.65. The molecular formula is C30H53NO3. The summed E-state index contributed by atoms with van der Waals surface area (Å²) in [5.74, 6) is -0.0807. The Kier molecular flexibility index (Phi) is 24.7. The van der Waals surface area contributed by atoms with Gasteiger partial charge in [0.15, 0.2) is 0 Å². The van der Waals surface area contributed by atoms with Gasteiger partial charge in [-0.15, -0.1) is 0 Å². The first-order valence-electron chi connectivity index (χ1n) is 13.8. The third-order valence-corrected chi connectivity index (χ3v) is 5.85. The van der Waals surface area contributed by atoms with Crippen LogP contribution >= 0.6 is 0 Å². The molecule has 1 amide bonds. The van der Waals surface area contributed by atoms with Gasteiger partial charge in [0.05, 0.1) is 18.8 Å². The van der Waals surface area contributed by atoms with Crippen LogP contribution in [0.5, 0.6) is 0 Å². The highest BCUT2D eigenvalue weighted by molar-refractivity contribution is 5.76. The first-order chi connectivity index (χ1) is 16.7. The average molecular weight is 476 g/mol. The van der Waals surface area contributed by atoms with Crippen molar-refractivity contribution >= 4 is 5.91 Å². The second-order valence-corrected chi connectivity index (χ2v) is 9.08. The van der Waals surface area contributed by atoms with Crippen LogP contribution in [-0.4, -0.2) is 34.9 Å². The molecule has 0 aromatic rings. The van der Waals surface area contributed by atoms with Crippen LogP contribution in [0, 0.1) is 0 Å². The molecule has 0 aliphatic rings. The number of hydrogen-bond donors (Lipinski definition) is 3. The Morgan fingerprint density at radius 2 is 1.29 bits per heavy atom. The van der Waals surface area contributed by atoms with Crippen molar-refractivity contribution < 1.29 is 15.0 Å². The summed E-state index contributed by atoms with van der Waals surface area (Å²) in [6.07, 6.45) is 33.0. The molecule has 0 aliphatic carbocycles. The number of carbonyl (C=O) groups excluding carboxylic acids is 1. The lowest BCUT2D eigenvalue weighted by Gasteiger charge is -2.22. The Balaban J connectivity index is 3.77. The summed E-state index contributed by atoms with van der Waals surface area (Å²) < 4.78 is 0. The number of allylic oxidation sites excluding steroid dienone is 8. The van der Waals surface area contributed by atoms with E-state index in [1.54, 1.807) is 0 Å². The van der Waals surface area contributed by atoms with Gasteiger partial charge in [-0.2, -0.15) is 0 Å². The molecule has 34 heavy (non-hydrogen) atoms. The maximum Gasteiger partial charge on any atom is 0.220 e. The van der Waals surface area contributed by atoms with Crippen LogP contribution < -0.4 is 5.32 Å². The van der Waals surface area contributed by atoms with Gasteiger partial charge in [-0.3, -0.25) is 4.79 Å². The number of rotatable bonds is 23. The van der Waals surface area contributed by atoms with Crippen LogP contribution in [0.2, 0.25) is 0 Å². The first-order valence-corrected chi connectivity index (χ1v) is 13.8. The van der Waals surface area contributed by atoms with Crippen LogP contribution in [0.3, 0.4) is 0 Å². The van der Waals surface area contributed by atoms with Gasteiger partial charge in [-0.1, -0.05) is 107 Å². The fourth-order valence-electron chi connectivity index (χ4n) is 3.70. The van der Waals surface area contributed by atoms with Crippen molar-refractivity contribution in [2.75, 3.05) is 6.61 Å². The van der Waals surface area contributed by atoms with Crippen molar-refractivity contribution in [3.05, 3.63) is 48.6 Å². The van der Waals surface area contributed by atoms with Crippen molar-refractivity contribution in [2.24, 2.45) is 0 Å². The van der Waals surface area contributed by atoms with Crippen LogP contribution in [0.15, 0.2) is 48.6 Å². The molecule has 2 atom stereocenters. The topological polar surface area (TPSA) is 69.6 Å². The van der Waals surface area contributed by atoms with Crippen molar-refractivity contribution in [2.45, 2.75) is 129 Å². The van der Waals surface area contributed by atoms with E-state index in [0.29, 0.717) is 12.8 Å². The number of aliphatic hydroxyl groups is 2. The zero-order valence-corrected chi connectivity index (χ0v) is 22.1. The minimum atomic E-state index is -0.672. The summed E-state index contributed by atoms with van der Waals surface area (Å²) in [6.45, 7) is 4.14. The molecule has 2 unspecified atom stereocenters. The number of unbranched alkanes of at least 4 members (excludes halogenated alkanes) is 8. The highest BCUT2D eigenvalue weighted by atomic mass is 16.3. The Labute approximate surface area is 210 Å². The fourth-order valence-corrected chi connectivity index (χ4v) is 3.70. The van der Waals surface area contributed by atoms with Gasteiger partial charge in [-0.25, -0.2) is 0 Å². The van der Waals surface area contributed by atoms with Crippen LogP contribution in [-0.2, 0) is 4.79 Å². The molecule has 0 rings (SSSR count). The van der Waals surface area contributed by atoms with E-state index in [1.165, 1.54) is 32.1 Å². The molecule has 0 radical (unpaired) electrons. The smallest absolute Gasteiger partial charge is 0.220 e. The van der Waals surface area contributed by atoms with Gasteiger partial charge in [0.1, 0.15) is 0 Å². The van der Waals surface area contributed by atoms with E-state index in [9.17, 15) is 15.0 Å². The van der Waals surface area contributed by atoms with Crippen molar-refractivity contribution in [3.63, 3.8) is 0 Å². The monoisotopic (exact) mass is 475 g/mol. The van der Waals surface area contributed by atoms with Gasteiger partial charge in [0.2, 0.25) is 5.91 Å². The third kappa shape index (κ3) is 22.2. The molecule has 0 heterocycles. The number of carbonyl (C=O) groups is 1. The van der Waals surface area contributed by atoms with Crippen LogP contribution in [0.25, 0.3) is 0 Å². The SMILES string of the molecule is CC/C=C\C/C=C\C/C=C\C/C=C\CCCCC(=O)NC(CO)C(O)CCCCCCCCC. The molecular weight excluding hydrogens is 422 g/mol. The Morgan fingerprint density at radius 1 is 0.735 bits per heavy atom. The molecule has 0 saturated heterocycles. The molecule has 4 nitrogen and oxygen atoms in total. The minimum Gasteiger partial charge on any atom is -0.394 e. The maximum atomic E-state index is 12.2. The second kappa shape index (κ2) is 26.0. The normalized spacial score (nSPS) is 14.1. The fraction of sp³-hybridized carbons (Fsp3) is 0.700. The lowest BCUT2D eigenvalue weighted by Crippen LogP contribution is -2.45. The molecule has 0 aromatic carbocycles. The third-order valence-electron chi connectivity index (χ3n) is 5.85. The highest BCUT2D eigenvalue weighted by Gasteiger charge is 2.19. The van der Waals surface area contributed by atoms with Gasteiger partial charge in [-0.05, 0) is 51.4 Å². The van der Waals surface area contributed by atoms with E-state index in [0.717, 1.165) is 57.8 Å². The van der Waals surface area contributed by atoms with E-state index in [1.807, 2.05) is 0 Å². The van der Waals surface area contributed by atoms with Crippen molar-refractivity contribution in [3.8, 4) is 0 Å². The predicted molar refractivity (Wildman–Crippen MR) is 147 cm³/mol. The van der Waals surface area contributed by atoms with Crippen molar-refractivity contribution in [1.29, 1.82) is 0 Å². The zero-order chi connectivity index (χ0) is 25.1. The molecule has 0 fully saturated rings. The molecule has 196 valence electrons. The maximum absolute atomic E-state index is 12.2. The molecule has 0 aliphatic heterocycles. The molecule has 3 N–H and O–H groups in total. The number of amides is 1. The van der Waals surface area contributed by atoms with Gasteiger partial charge < -0.3 is 15.5 Å². The van der Waals surface area contributed by atoms with Crippen molar-refractivity contribution in [1.82, 2.24) is 5.32 Å².